The third-order valence-electron chi connectivity index (χ3n) is 2.51. The van der Waals surface area contributed by atoms with Crippen LogP contribution in [0.1, 0.15) is 13.8 Å². The van der Waals surface area contributed by atoms with Crippen molar-refractivity contribution in [2.75, 3.05) is 27.2 Å². The molecule has 0 unspecified atom stereocenters. The maximum atomic E-state index is 11.4. The van der Waals surface area contributed by atoms with E-state index < -0.39 is 0 Å². The third-order valence-corrected chi connectivity index (χ3v) is 2.51. The van der Waals surface area contributed by atoms with Gasteiger partial charge in [0.25, 0.3) is 0 Å². The molecular weight excluding hydrogens is 138 g/mol. The first kappa shape index (κ1) is 8.72. The molecule has 1 fully saturated rings. The van der Waals surface area contributed by atoms with Gasteiger partial charge in [0.2, 0.25) is 0 Å². The summed E-state index contributed by atoms with van der Waals surface area (Å²) in [5.74, 6) is 0.963. The molecule has 0 N–H and O–H groups in total. The molecule has 0 bridgehead atoms. The highest BCUT2D eigenvalue weighted by atomic mass is 16.1. The Hall–Kier alpha value is -0.370. The minimum absolute atomic E-state index is 0.258. The van der Waals surface area contributed by atoms with Crippen LogP contribution in [-0.4, -0.2) is 37.5 Å². The Kier molecular flexibility index (Phi) is 2.06. The minimum atomic E-state index is 0.258. The molecule has 1 aliphatic rings. The van der Waals surface area contributed by atoms with Gasteiger partial charge in [-0.25, -0.2) is 0 Å². The molecule has 1 aliphatic heterocycles. The summed E-state index contributed by atoms with van der Waals surface area (Å²) in [6, 6.07) is 0. The number of rotatable bonds is 0. The van der Waals surface area contributed by atoms with Crippen LogP contribution < -0.4 is 0 Å². The third kappa shape index (κ3) is 1.80. The maximum Gasteiger partial charge on any atom is 0.149 e. The van der Waals surface area contributed by atoms with Gasteiger partial charge in [0.15, 0.2) is 0 Å². The average Bonchev–Trinajstić information content (AvgIpc) is 1.81. The Balaban J connectivity index is 2.70. The summed E-state index contributed by atoms with van der Waals surface area (Å²) >= 11 is 0. The van der Waals surface area contributed by atoms with E-state index in [0.717, 1.165) is 17.6 Å². The van der Waals surface area contributed by atoms with Crippen molar-refractivity contribution in [1.29, 1.82) is 0 Å². The largest absolute Gasteiger partial charge is 0.327 e. The van der Waals surface area contributed by atoms with E-state index in [0.29, 0.717) is 5.78 Å². The van der Waals surface area contributed by atoms with Crippen molar-refractivity contribution < 1.29 is 9.28 Å². The molecule has 2 heteroatoms. The Labute approximate surface area is 68.8 Å². The number of Topliss-reactive ketones (excluding diaryl/α,β-unsaturated/α-hetero) is 1. The summed E-state index contributed by atoms with van der Waals surface area (Å²) < 4.78 is 0.994. The molecule has 0 amide bonds. The Morgan fingerprint density at radius 3 is 1.91 bits per heavy atom. The Morgan fingerprint density at radius 1 is 1.18 bits per heavy atom. The van der Waals surface area contributed by atoms with E-state index in [-0.39, 0.29) is 11.8 Å². The van der Waals surface area contributed by atoms with Crippen molar-refractivity contribution in [2.24, 2.45) is 11.8 Å². The first-order valence-electron chi connectivity index (χ1n) is 4.28. The molecule has 2 atom stereocenters. The topological polar surface area (TPSA) is 17.1 Å². The molecule has 0 aliphatic carbocycles. The highest BCUT2D eigenvalue weighted by Crippen LogP contribution is 2.20. The predicted molar refractivity (Wildman–Crippen MR) is 45.2 cm³/mol. The summed E-state index contributed by atoms with van der Waals surface area (Å²) in [7, 11) is 4.39. The summed E-state index contributed by atoms with van der Waals surface area (Å²) in [4.78, 5) is 11.4. The number of carbonyl (C=O) groups excluding carboxylic acids is 1. The van der Waals surface area contributed by atoms with E-state index in [9.17, 15) is 4.79 Å². The van der Waals surface area contributed by atoms with Crippen LogP contribution in [0.15, 0.2) is 0 Å². The number of hydrogen-bond donors (Lipinski definition) is 0. The fraction of sp³-hybridized carbons (Fsp3) is 0.889. The number of carbonyl (C=O) groups is 1. The van der Waals surface area contributed by atoms with Crippen LogP contribution in [-0.2, 0) is 4.79 Å². The predicted octanol–water partition coefficient (Wildman–Crippen LogP) is 0.918. The maximum absolute atomic E-state index is 11.4. The molecule has 1 heterocycles. The number of likely N-dealkylation sites (tertiary alicyclic amines) is 1. The minimum Gasteiger partial charge on any atom is -0.327 e. The molecule has 0 radical (unpaired) electrons. The van der Waals surface area contributed by atoms with Crippen LogP contribution >= 0.6 is 0 Å². The molecule has 0 aromatic heterocycles. The smallest absolute Gasteiger partial charge is 0.149 e. The van der Waals surface area contributed by atoms with Gasteiger partial charge in [0.1, 0.15) is 5.78 Å². The molecular formula is C9H18NO+. The fourth-order valence-electron chi connectivity index (χ4n) is 2.22. The number of ketones is 1. The van der Waals surface area contributed by atoms with Gasteiger partial charge in [-0.15, -0.1) is 0 Å². The molecule has 0 spiro atoms. The summed E-state index contributed by atoms with van der Waals surface area (Å²) in [6.45, 7) is 6.09. The molecule has 2 nitrogen and oxygen atoms in total. The van der Waals surface area contributed by atoms with Gasteiger partial charge >= 0.3 is 0 Å². The van der Waals surface area contributed by atoms with Gasteiger partial charge in [-0.3, -0.25) is 4.79 Å². The Bertz CT molecular complexity index is 158. The lowest BCUT2D eigenvalue weighted by Gasteiger charge is -2.39. The van der Waals surface area contributed by atoms with E-state index in [1.807, 2.05) is 13.8 Å². The zero-order valence-electron chi connectivity index (χ0n) is 7.92. The quantitative estimate of drug-likeness (QED) is 0.477. The van der Waals surface area contributed by atoms with Crippen LogP contribution in [0.25, 0.3) is 0 Å². The Morgan fingerprint density at radius 2 is 1.55 bits per heavy atom. The second kappa shape index (κ2) is 2.59. The molecule has 1 saturated heterocycles. The first-order chi connectivity index (χ1) is 4.92. The van der Waals surface area contributed by atoms with Gasteiger partial charge in [-0.2, -0.15) is 0 Å². The van der Waals surface area contributed by atoms with Crippen LogP contribution in [0, 0.1) is 11.8 Å². The van der Waals surface area contributed by atoms with Crippen LogP contribution in [0.2, 0.25) is 0 Å². The monoisotopic (exact) mass is 156 g/mol. The van der Waals surface area contributed by atoms with Gasteiger partial charge in [0, 0.05) is 0 Å². The van der Waals surface area contributed by atoms with E-state index in [1.165, 1.54) is 0 Å². The molecule has 11 heavy (non-hydrogen) atoms. The molecule has 0 aromatic carbocycles. The van der Waals surface area contributed by atoms with Crippen LogP contribution in [0.3, 0.4) is 0 Å². The lowest BCUT2D eigenvalue weighted by Crippen LogP contribution is -2.54. The lowest BCUT2D eigenvalue weighted by molar-refractivity contribution is -0.897. The summed E-state index contributed by atoms with van der Waals surface area (Å²) in [5.41, 5.74) is 0. The van der Waals surface area contributed by atoms with E-state index in [1.54, 1.807) is 0 Å². The van der Waals surface area contributed by atoms with Crippen molar-refractivity contribution in [3.8, 4) is 0 Å². The second-order valence-corrected chi connectivity index (χ2v) is 4.51. The van der Waals surface area contributed by atoms with Crippen molar-refractivity contribution in [3.05, 3.63) is 0 Å². The van der Waals surface area contributed by atoms with Crippen molar-refractivity contribution in [2.45, 2.75) is 13.8 Å². The van der Waals surface area contributed by atoms with Gasteiger partial charge in [0.05, 0.1) is 39.0 Å². The van der Waals surface area contributed by atoms with E-state index >= 15 is 0 Å². The molecule has 1 rings (SSSR count). The second-order valence-electron chi connectivity index (χ2n) is 4.51. The number of piperidine rings is 1. The zero-order chi connectivity index (χ0) is 8.65. The van der Waals surface area contributed by atoms with Gasteiger partial charge in [-0.1, -0.05) is 13.8 Å². The lowest BCUT2D eigenvalue weighted by atomic mass is 9.89. The average molecular weight is 156 g/mol. The van der Waals surface area contributed by atoms with E-state index in [4.69, 9.17) is 0 Å². The highest BCUT2D eigenvalue weighted by molar-refractivity contribution is 5.83. The summed E-state index contributed by atoms with van der Waals surface area (Å²) in [5, 5.41) is 0. The summed E-state index contributed by atoms with van der Waals surface area (Å²) in [6.07, 6.45) is 0. The van der Waals surface area contributed by atoms with Crippen LogP contribution in [0.5, 0.6) is 0 Å². The number of nitrogens with zero attached hydrogens (tertiary/aromatic N) is 1. The van der Waals surface area contributed by atoms with Crippen molar-refractivity contribution >= 4 is 5.78 Å². The molecule has 0 aromatic rings. The molecule has 0 saturated carbocycles. The normalized spacial score (nSPS) is 37.3. The number of quaternary nitrogens is 1. The molecule has 64 valence electrons. The van der Waals surface area contributed by atoms with Gasteiger partial charge in [-0.05, 0) is 0 Å². The SMILES string of the molecule is C[C@@H]1C[N+](C)(C)C[C@@H](C)C1=O. The van der Waals surface area contributed by atoms with Crippen molar-refractivity contribution in [1.82, 2.24) is 0 Å². The fourth-order valence-corrected chi connectivity index (χ4v) is 2.22. The zero-order valence-corrected chi connectivity index (χ0v) is 7.92. The first-order valence-corrected chi connectivity index (χ1v) is 4.28. The van der Waals surface area contributed by atoms with Gasteiger partial charge < -0.3 is 4.48 Å². The van der Waals surface area contributed by atoms with E-state index in [2.05, 4.69) is 14.1 Å². The van der Waals surface area contributed by atoms with Crippen LogP contribution in [0.4, 0.5) is 0 Å². The highest BCUT2D eigenvalue weighted by Gasteiger charge is 2.35. The number of hydrogen-bond acceptors (Lipinski definition) is 1. The standard InChI is InChI=1S/C9H18NO/c1-7-5-10(3,4)6-8(2)9(7)11/h7-8H,5-6H2,1-4H3/q+1/t7-,8-/m1/s1. The van der Waals surface area contributed by atoms with Crippen molar-refractivity contribution in [3.63, 3.8) is 0 Å².